The first-order valence-corrected chi connectivity index (χ1v) is 10.8. The molecule has 1 amide bonds. The second-order valence-electron chi connectivity index (χ2n) is 8.23. The number of fused-ring (bicyclic) bond motifs is 2. The van der Waals surface area contributed by atoms with Crippen LogP contribution < -0.4 is 19.1 Å². The zero-order chi connectivity index (χ0) is 25.8. The van der Waals surface area contributed by atoms with Crippen LogP contribution in [0.1, 0.15) is 36.3 Å². The molecule has 1 aromatic heterocycles. The average Bonchev–Trinajstić information content (AvgIpc) is 3.34. The Morgan fingerprint density at radius 2 is 1.92 bits per heavy atom. The SMILES string of the molecule is CC(Oc1cccc(-n2nc(C(F)(F)F)c3c2N(C(=O)O)CCC3)c1)c1ccc2c(c1)OC(F)(F)O2. The number of amides is 1. The highest BCUT2D eigenvalue weighted by Crippen LogP contribution is 2.43. The fourth-order valence-corrected chi connectivity index (χ4v) is 4.24. The first kappa shape index (κ1) is 23.7. The maximum Gasteiger partial charge on any atom is 0.586 e. The molecule has 190 valence electrons. The van der Waals surface area contributed by atoms with Crippen molar-refractivity contribution in [2.24, 2.45) is 0 Å². The molecule has 2 aliphatic heterocycles. The Morgan fingerprint density at radius 1 is 1.17 bits per heavy atom. The Balaban J connectivity index is 1.47. The van der Waals surface area contributed by atoms with Crippen LogP contribution in [0, 0.1) is 0 Å². The van der Waals surface area contributed by atoms with E-state index < -0.39 is 30.4 Å². The first-order valence-electron chi connectivity index (χ1n) is 10.8. The highest BCUT2D eigenvalue weighted by molar-refractivity contribution is 5.87. The van der Waals surface area contributed by atoms with Crippen molar-refractivity contribution in [2.45, 2.75) is 38.3 Å². The van der Waals surface area contributed by atoms with E-state index in [2.05, 4.69) is 14.6 Å². The van der Waals surface area contributed by atoms with Crippen LogP contribution in [0.4, 0.5) is 32.6 Å². The van der Waals surface area contributed by atoms with Gasteiger partial charge in [-0.15, -0.1) is 8.78 Å². The standard InChI is InChI=1S/C23H18F5N3O5/c1-12(13-7-8-17-18(10-13)36-23(27,28)35-17)34-15-5-2-4-14(11-15)31-20-16(19(29-31)22(24,25)26)6-3-9-30(20)21(32)33/h2,4-5,7-8,10-12H,3,6,9H2,1H3,(H,32,33). The van der Waals surface area contributed by atoms with E-state index in [4.69, 9.17) is 4.74 Å². The van der Waals surface area contributed by atoms with Crippen LogP contribution >= 0.6 is 0 Å². The topological polar surface area (TPSA) is 86.1 Å². The Hall–Kier alpha value is -4.03. The van der Waals surface area contributed by atoms with Crippen LogP contribution in [0.3, 0.4) is 0 Å². The van der Waals surface area contributed by atoms with Crippen LogP contribution in [0.2, 0.25) is 0 Å². The Kier molecular flexibility index (Phi) is 5.45. The highest BCUT2D eigenvalue weighted by Gasteiger charge is 2.44. The van der Waals surface area contributed by atoms with E-state index in [1.165, 1.54) is 36.4 Å². The number of alkyl halides is 5. The molecule has 1 atom stereocenters. The number of carboxylic acid groups (broad SMARTS) is 1. The zero-order valence-electron chi connectivity index (χ0n) is 18.6. The predicted octanol–water partition coefficient (Wildman–Crippen LogP) is 5.78. The van der Waals surface area contributed by atoms with Gasteiger partial charge >= 0.3 is 18.6 Å². The van der Waals surface area contributed by atoms with Crippen LogP contribution in [0.5, 0.6) is 17.2 Å². The number of halogens is 5. The molecule has 0 fully saturated rings. The van der Waals surface area contributed by atoms with Crippen LogP contribution in [0.25, 0.3) is 5.69 Å². The van der Waals surface area contributed by atoms with E-state index in [0.717, 1.165) is 9.58 Å². The number of carbonyl (C=O) groups is 1. The molecule has 0 saturated carbocycles. The number of rotatable bonds is 4. The fourth-order valence-electron chi connectivity index (χ4n) is 4.24. The summed E-state index contributed by atoms with van der Waals surface area (Å²) in [5, 5.41) is 13.3. The number of ether oxygens (including phenoxy) is 3. The molecule has 36 heavy (non-hydrogen) atoms. The quantitative estimate of drug-likeness (QED) is 0.447. The second kappa shape index (κ2) is 8.28. The van der Waals surface area contributed by atoms with Gasteiger partial charge in [-0.05, 0) is 49.6 Å². The third-order valence-corrected chi connectivity index (χ3v) is 5.79. The molecule has 0 saturated heterocycles. The Morgan fingerprint density at radius 3 is 2.64 bits per heavy atom. The summed E-state index contributed by atoms with van der Waals surface area (Å²) in [6.07, 6.45) is -10.3. The van der Waals surface area contributed by atoms with Gasteiger partial charge in [-0.1, -0.05) is 12.1 Å². The van der Waals surface area contributed by atoms with Crippen molar-refractivity contribution < 1.29 is 46.1 Å². The van der Waals surface area contributed by atoms with E-state index in [1.54, 1.807) is 13.0 Å². The van der Waals surface area contributed by atoms with Gasteiger partial charge in [0.05, 0.1) is 5.69 Å². The summed E-state index contributed by atoms with van der Waals surface area (Å²) in [6.45, 7) is 1.67. The summed E-state index contributed by atoms with van der Waals surface area (Å²) in [4.78, 5) is 12.6. The number of hydrogen-bond acceptors (Lipinski definition) is 5. The molecule has 1 unspecified atom stereocenters. The summed E-state index contributed by atoms with van der Waals surface area (Å²) in [5.41, 5.74) is -0.688. The van der Waals surface area contributed by atoms with Gasteiger partial charge < -0.3 is 19.3 Å². The minimum atomic E-state index is -4.77. The van der Waals surface area contributed by atoms with E-state index >= 15 is 0 Å². The molecular weight excluding hydrogens is 493 g/mol. The van der Waals surface area contributed by atoms with Crippen molar-refractivity contribution in [3.8, 4) is 22.9 Å². The Labute approximate surface area is 200 Å². The van der Waals surface area contributed by atoms with Gasteiger partial charge in [0, 0.05) is 18.2 Å². The normalized spacial score (nSPS) is 17.0. The first-order chi connectivity index (χ1) is 16.9. The lowest BCUT2D eigenvalue weighted by molar-refractivity contribution is -0.286. The van der Waals surface area contributed by atoms with E-state index in [-0.39, 0.29) is 53.7 Å². The third-order valence-electron chi connectivity index (χ3n) is 5.79. The van der Waals surface area contributed by atoms with Crippen molar-refractivity contribution in [2.75, 3.05) is 11.4 Å². The summed E-state index contributed by atoms with van der Waals surface area (Å²) in [5.74, 6) is -0.204. The number of benzene rings is 2. The minimum Gasteiger partial charge on any atom is -0.486 e. The van der Waals surface area contributed by atoms with Crippen molar-refractivity contribution in [3.05, 3.63) is 59.3 Å². The molecule has 0 radical (unpaired) electrons. The molecule has 2 aromatic carbocycles. The second-order valence-corrected chi connectivity index (χ2v) is 8.23. The summed E-state index contributed by atoms with van der Waals surface area (Å²) in [6, 6.07) is 10.1. The van der Waals surface area contributed by atoms with Crippen LogP contribution in [0.15, 0.2) is 42.5 Å². The predicted molar refractivity (Wildman–Crippen MR) is 114 cm³/mol. The lowest BCUT2D eigenvalue weighted by Crippen LogP contribution is -2.35. The third kappa shape index (κ3) is 4.25. The van der Waals surface area contributed by atoms with Gasteiger partial charge in [0.15, 0.2) is 17.2 Å². The molecule has 3 heterocycles. The molecule has 0 spiro atoms. The summed E-state index contributed by atoms with van der Waals surface area (Å²) >= 11 is 0. The van der Waals surface area contributed by atoms with Crippen LogP contribution in [-0.4, -0.2) is 33.8 Å². The zero-order valence-corrected chi connectivity index (χ0v) is 18.6. The maximum absolute atomic E-state index is 13.7. The van der Waals surface area contributed by atoms with E-state index in [9.17, 15) is 31.9 Å². The molecule has 0 bridgehead atoms. The molecule has 0 aliphatic carbocycles. The smallest absolute Gasteiger partial charge is 0.486 e. The molecule has 3 aromatic rings. The largest absolute Gasteiger partial charge is 0.586 e. The molecule has 8 nitrogen and oxygen atoms in total. The number of hydrogen-bond donors (Lipinski definition) is 1. The molecular formula is C23H18F5N3O5. The van der Waals surface area contributed by atoms with Gasteiger partial charge in [0.1, 0.15) is 17.7 Å². The number of aromatic nitrogens is 2. The number of anilines is 1. The highest BCUT2D eigenvalue weighted by atomic mass is 19.4. The molecule has 13 heteroatoms. The van der Waals surface area contributed by atoms with Crippen molar-refractivity contribution in [1.82, 2.24) is 9.78 Å². The molecule has 2 aliphatic rings. The Bertz CT molecular complexity index is 1340. The van der Waals surface area contributed by atoms with Crippen molar-refractivity contribution in [1.29, 1.82) is 0 Å². The number of nitrogens with zero attached hydrogens (tertiary/aromatic N) is 3. The van der Waals surface area contributed by atoms with Crippen molar-refractivity contribution >= 4 is 11.9 Å². The van der Waals surface area contributed by atoms with Crippen molar-refractivity contribution in [3.63, 3.8) is 0 Å². The van der Waals surface area contributed by atoms with Gasteiger partial charge in [0.2, 0.25) is 0 Å². The van der Waals surface area contributed by atoms with Gasteiger partial charge in [-0.3, -0.25) is 4.90 Å². The monoisotopic (exact) mass is 511 g/mol. The average molecular weight is 511 g/mol. The van der Waals surface area contributed by atoms with Gasteiger partial charge in [0.25, 0.3) is 0 Å². The lowest BCUT2D eigenvalue weighted by atomic mass is 10.0. The van der Waals surface area contributed by atoms with E-state index in [0.29, 0.717) is 5.56 Å². The lowest BCUT2D eigenvalue weighted by Gasteiger charge is -2.26. The van der Waals surface area contributed by atoms with Crippen LogP contribution in [-0.2, 0) is 12.6 Å². The molecule has 1 N–H and O–H groups in total. The summed E-state index contributed by atoms with van der Waals surface area (Å²) in [7, 11) is 0. The molecule has 5 rings (SSSR count). The minimum absolute atomic E-state index is 0.0295. The van der Waals surface area contributed by atoms with E-state index in [1.807, 2.05) is 0 Å². The maximum atomic E-state index is 13.7. The fraction of sp³-hybridized carbons (Fsp3) is 0.304. The van der Waals surface area contributed by atoms with Gasteiger partial charge in [-0.25, -0.2) is 9.48 Å². The summed E-state index contributed by atoms with van der Waals surface area (Å²) < 4.78 is 83.3. The van der Waals surface area contributed by atoms with Gasteiger partial charge in [-0.2, -0.15) is 18.3 Å².